The molecule has 3 rings (SSSR count). The molecule has 2 atom stereocenters. The van der Waals surface area contributed by atoms with Crippen LogP contribution in [0.2, 0.25) is 0 Å². The van der Waals surface area contributed by atoms with Crippen molar-refractivity contribution >= 4 is 11.9 Å². The van der Waals surface area contributed by atoms with E-state index in [2.05, 4.69) is 24.3 Å². The number of hydrogen-bond acceptors (Lipinski definition) is 6. The fourth-order valence-corrected chi connectivity index (χ4v) is 4.57. The van der Waals surface area contributed by atoms with E-state index in [4.69, 9.17) is 0 Å². The van der Waals surface area contributed by atoms with E-state index >= 15 is 0 Å². The minimum atomic E-state index is -1.39. The Bertz CT molecular complexity index is 1260. The Labute approximate surface area is 256 Å². The molecule has 1 heterocycles. The third-order valence-electron chi connectivity index (χ3n) is 6.65. The third kappa shape index (κ3) is 9.24. The Hall–Kier alpha value is -2.56. The molecule has 0 radical (unpaired) electrons. The van der Waals surface area contributed by atoms with Crippen molar-refractivity contribution in [1.82, 2.24) is 15.1 Å². The van der Waals surface area contributed by atoms with Crippen molar-refractivity contribution in [3.8, 4) is 5.69 Å². The molecule has 0 unspecified atom stereocenters. The molecule has 0 aliphatic heterocycles. The van der Waals surface area contributed by atoms with Crippen LogP contribution in [0.25, 0.3) is 5.69 Å². The second-order valence-electron chi connectivity index (χ2n) is 10.5. The fraction of sp³-hybridized carbons (Fsp3) is 0.433. The molecule has 0 aliphatic rings. The average Bonchev–Trinajstić information content (AvgIpc) is 3.26. The van der Waals surface area contributed by atoms with Crippen molar-refractivity contribution in [1.29, 1.82) is 0 Å². The van der Waals surface area contributed by atoms with Crippen LogP contribution in [-0.2, 0) is 17.8 Å². The zero-order valence-electron chi connectivity index (χ0n) is 23.9. The molecular weight excluding hydrogens is 524 g/mol. The van der Waals surface area contributed by atoms with Gasteiger partial charge in [0.15, 0.2) is 5.69 Å². The first-order chi connectivity index (χ1) is 18.5. The van der Waals surface area contributed by atoms with E-state index in [-0.39, 0.29) is 59.9 Å². The Morgan fingerprint density at radius 2 is 1.60 bits per heavy atom. The van der Waals surface area contributed by atoms with Gasteiger partial charge in [-0.2, -0.15) is 5.10 Å². The van der Waals surface area contributed by atoms with Crippen LogP contribution in [0.15, 0.2) is 48.5 Å². The van der Waals surface area contributed by atoms with Crippen LogP contribution in [0, 0.1) is 5.82 Å². The van der Waals surface area contributed by atoms with Crippen LogP contribution in [-0.4, -0.2) is 44.1 Å². The summed E-state index contributed by atoms with van der Waals surface area (Å²) in [5.74, 6) is -1.83. The number of carboxylic acids is 1. The first kappa shape index (κ1) is 33.6. The van der Waals surface area contributed by atoms with Crippen molar-refractivity contribution in [2.24, 2.45) is 0 Å². The minimum absolute atomic E-state index is 0. The monoisotopic (exact) mass is 561 g/mol. The molecule has 0 fully saturated rings. The fourth-order valence-electron chi connectivity index (χ4n) is 4.57. The van der Waals surface area contributed by atoms with Crippen LogP contribution < -0.4 is 40.0 Å². The van der Waals surface area contributed by atoms with Gasteiger partial charge in [-0.15, -0.1) is 0 Å². The summed E-state index contributed by atoms with van der Waals surface area (Å²) in [4.78, 5) is 24.1. The number of aliphatic hydroxyl groups is 2. The molecule has 3 N–H and O–H groups in total. The molecule has 1 amide bonds. The topological polar surface area (TPSA) is 128 Å². The first-order valence-corrected chi connectivity index (χ1v) is 13.3. The van der Waals surface area contributed by atoms with Crippen molar-refractivity contribution in [2.75, 3.05) is 0 Å². The Balaban J connectivity index is 0.00000560. The summed E-state index contributed by atoms with van der Waals surface area (Å²) in [7, 11) is 0. The summed E-state index contributed by atoms with van der Waals surface area (Å²) in [6.45, 7) is 8.44. The van der Waals surface area contributed by atoms with Gasteiger partial charge in [0.05, 0.1) is 17.9 Å². The maximum Gasteiger partial charge on any atom is 1.00 e. The number of aliphatic carboxylic acids is 1. The molecule has 2 aromatic carbocycles. The maximum absolute atomic E-state index is 13.6. The molecule has 0 saturated heterocycles. The standard InChI is InChI=1S/C30H38FN3O5.Na/c1-18(2)21-7-5-20(6-8-21)17-32-30(39)29-28(19(3)4)26(14-13-24(35)15-25(36)16-27(37)38)34(33-29)23-11-9-22(31)10-12-23;/h5-12,18-19,24-25,35-36H,13-17H2,1-4H3,(H,32,39)(H,37,38);/q;+1/p-1/t24-,25-;/m1./s1. The average molecular weight is 562 g/mol. The number of carbonyl (C=O) groups is 2. The van der Waals surface area contributed by atoms with E-state index < -0.39 is 30.4 Å². The van der Waals surface area contributed by atoms with E-state index in [0.29, 0.717) is 35.8 Å². The zero-order valence-corrected chi connectivity index (χ0v) is 25.9. The number of nitrogens with zero attached hydrogens (tertiary/aromatic N) is 2. The van der Waals surface area contributed by atoms with Crippen molar-refractivity contribution in [3.05, 3.63) is 82.4 Å². The van der Waals surface area contributed by atoms with Gasteiger partial charge in [-0.3, -0.25) is 4.79 Å². The van der Waals surface area contributed by atoms with Crippen LogP contribution in [0.3, 0.4) is 0 Å². The number of halogens is 1. The minimum Gasteiger partial charge on any atom is -0.550 e. The molecule has 3 aromatic rings. The van der Waals surface area contributed by atoms with Gasteiger partial charge >= 0.3 is 29.6 Å². The number of amides is 1. The molecule has 1 aromatic heterocycles. The molecule has 8 nitrogen and oxygen atoms in total. The summed E-state index contributed by atoms with van der Waals surface area (Å²) in [6.07, 6.45) is -2.42. The van der Waals surface area contributed by atoms with Gasteiger partial charge in [0.2, 0.25) is 0 Å². The van der Waals surface area contributed by atoms with Crippen LogP contribution in [0.4, 0.5) is 4.39 Å². The maximum atomic E-state index is 13.6. The molecule has 40 heavy (non-hydrogen) atoms. The van der Waals surface area contributed by atoms with E-state index in [9.17, 15) is 29.3 Å². The molecule has 10 heteroatoms. The zero-order chi connectivity index (χ0) is 28.7. The predicted octanol–water partition coefficient (Wildman–Crippen LogP) is 0.377. The van der Waals surface area contributed by atoms with Crippen LogP contribution in [0.5, 0.6) is 0 Å². The molecule has 210 valence electrons. The van der Waals surface area contributed by atoms with Gasteiger partial charge in [-0.1, -0.05) is 52.0 Å². The Kier molecular flexibility index (Phi) is 13.0. The number of carbonyl (C=O) groups excluding carboxylic acids is 2. The molecule has 0 saturated carbocycles. The van der Waals surface area contributed by atoms with Gasteiger partial charge in [0, 0.05) is 30.2 Å². The summed E-state index contributed by atoms with van der Waals surface area (Å²) in [6, 6.07) is 13.8. The third-order valence-corrected chi connectivity index (χ3v) is 6.65. The van der Waals surface area contributed by atoms with E-state index in [0.717, 1.165) is 5.56 Å². The van der Waals surface area contributed by atoms with E-state index in [1.807, 2.05) is 38.1 Å². The number of rotatable bonds is 13. The van der Waals surface area contributed by atoms with Crippen molar-refractivity contribution in [3.63, 3.8) is 0 Å². The first-order valence-electron chi connectivity index (χ1n) is 13.3. The second-order valence-corrected chi connectivity index (χ2v) is 10.5. The summed E-state index contributed by atoms with van der Waals surface area (Å²) < 4.78 is 15.2. The van der Waals surface area contributed by atoms with Gasteiger partial charge in [-0.05, 0) is 66.5 Å². The molecule has 0 spiro atoms. The predicted molar refractivity (Wildman–Crippen MR) is 144 cm³/mol. The largest absolute Gasteiger partial charge is 1.00 e. The number of nitrogens with one attached hydrogen (secondary N) is 1. The summed E-state index contributed by atoms with van der Waals surface area (Å²) in [5, 5.41) is 38.7. The Morgan fingerprint density at radius 1 is 0.975 bits per heavy atom. The van der Waals surface area contributed by atoms with Gasteiger partial charge in [-0.25, -0.2) is 9.07 Å². The summed E-state index contributed by atoms with van der Waals surface area (Å²) in [5.41, 5.74) is 4.35. The van der Waals surface area contributed by atoms with Crippen LogP contribution in [0.1, 0.15) is 91.7 Å². The molecular formula is C30H37FN3NaO5. The Morgan fingerprint density at radius 3 is 2.15 bits per heavy atom. The van der Waals surface area contributed by atoms with Gasteiger partial charge in [0.1, 0.15) is 5.82 Å². The van der Waals surface area contributed by atoms with Crippen molar-refractivity contribution in [2.45, 2.75) is 84.0 Å². The number of benzene rings is 2. The summed E-state index contributed by atoms with van der Waals surface area (Å²) >= 11 is 0. The molecule has 0 aliphatic carbocycles. The van der Waals surface area contributed by atoms with Gasteiger partial charge < -0.3 is 25.4 Å². The quantitative estimate of drug-likeness (QED) is 0.259. The van der Waals surface area contributed by atoms with Crippen LogP contribution >= 0.6 is 0 Å². The number of hydrogen-bond donors (Lipinski definition) is 3. The second kappa shape index (κ2) is 15.4. The number of carboxylic acid groups (broad SMARTS) is 1. The number of aromatic nitrogens is 2. The van der Waals surface area contributed by atoms with Gasteiger partial charge in [0.25, 0.3) is 5.91 Å². The molecule has 0 bridgehead atoms. The number of aliphatic hydroxyl groups excluding tert-OH is 2. The van der Waals surface area contributed by atoms with Crippen molar-refractivity contribution < 1.29 is 58.9 Å². The SMILES string of the molecule is CC(C)c1ccc(CNC(=O)c2nn(-c3ccc(F)cc3)c(CC[C@@H](O)C[C@@H](O)CC(=O)[O-])c2C(C)C)cc1.[Na+]. The smallest absolute Gasteiger partial charge is 0.550 e. The van der Waals surface area contributed by atoms with E-state index in [1.54, 1.807) is 16.8 Å². The normalized spacial score (nSPS) is 12.7. The van der Waals surface area contributed by atoms with E-state index in [1.165, 1.54) is 17.7 Å².